The molecule has 0 atom stereocenters. The second-order valence-corrected chi connectivity index (χ2v) is 3.50. The van der Waals surface area contributed by atoms with Crippen molar-refractivity contribution in [3.63, 3.8) is 0 Å². The van der Waals surface area contributed by atoms with Crippen LogP contribution in [0, 0.1) is 0 Å². The summed E-state index contributed by atoms with van der Waals surface area (Å²) < 4.78 is 1.45. The first-order valence-corrected chi connectivity index (χ1v) is 5.31. The van der Waals surface area contributed by atoms with E-state index in [2.05, 4.69) is 35.6 Å². The van der Waals surface area contributed by atoms with E-state index in [0.29, 0.717) is 11.5 Å². The van der Waals surface area contributed by atoms with Gasteiger partial charge in [-0.2, -0.15) is 10.2 Å². The summed E-state index contributed by atoms with van der Waals surface area (Å²) in [5.74, 6) is 0.174. The fourth-order valence-corrected chi connectivity index (χ4v) is 1.49. The Morgan fingerprint density at radius 2 is 2.26 bits per heavy atom. The molecule has 0 radical (unpaired) electrons. The number of amides is 1. The number of pyridine rings is 1. The van der Waals surface area contributed by atoms with Gasteiger partial charge < -0.3 is 5.32 Å². The first-order chi connectivity index (χ1) is 9.34. The van der Waals surface area contributed by atoms with E-state index in [0.717, 1.165) is 0 Å². The average molecular weight is 256 g/mol. The third-order valence-corrected chi connectivity index (χ3v) is 2.30. The van der Waals surface area contributed by atoms with Gasteiger partial charge in [0.2, 0.25) is 5.82 Å². The standard InChI is InChI=1S/C10H8N8O/c19-10(8-13-5-14-17-8)16-7-2-1-3-12-9(7)18-6-11-4-15-18/h1-6H,(H,16,19)(H,13,14,17). The maximum Gasteiger partial charge on any atom is 0.293 e. The molecule has 9 heteroatoms. The van der Waals surface area contributed by atoms with Crippen LogP contribution in [0.2, 0.25) is 0 Å². The molecule has 0 aliphatic carbocycles. The zero-order valence-corrected chi connectivity index (χ0v) is 9.56. The van der Waals surface area contributed by atoms with Crippen molar-refractivity contribution in [2.24, 2.45) is 0 Å². The van der Waals surface area contributed by atoms with Gasteiger partial charge in [-0.3, -0.25) is 9.89 Å². The number of aromatic nitrogens is 7. The molecule has 3 aromatic heterocycles. The Labute approximate surface area is 106 Å². The van der Waals surface area contributed by atoms with Crippen LogP contribution in [0.3, 0.4) is 0 Å². The molecule has 3 heterocycles. The van der Waals surface area contributed by atoms with Crippen molar-refractivity contribution in [2.75, 3.05) is 5.32 Å². The lowest BCUT2D eigenvalue weighted by Gasteiger charge is -2.07. The molecule has 0 spiro atoms. The highest BCUT2D eigenvalue weighted by Gasteiger charge is 2.13. The molecule has 0 saturated heterocycles. The predicted molar refractivity (Wildman–Crippen MR) is 63.5 cm³/mol. The second kappa shape index (κ2) is 4.64. The van der Waals surface area contributed by atoms with Gasteiger partial charge in [-0.25, -0.2) is 19.6 Å². The van der Waals surface area contributed by atoms with E-state index in [4.69, 9.17) is 0 Å². The molecule has 0 fully saturated rings. The number of hydrogen-bond acceptors (Lipinski definition) is 6. The summed E-state index contributed by atoms with van der Waals surface area (Å²) in [6, 6.07) is 3.41. The summed E-state index contributed by atoms with van der Waals surface area (Å²) in [4.78, 5) is 23.6. The van der Waals surface area contributed by atoms with Crippen LogP contribution in [-0.2, 0) is 0 Å². The highest BCUT2D eigenvalue weighted by atomic mass is 16.2. The number of H-pyrrole nitrogens is 1. The fraction of sp³-hybridized carbons (Fsp3) is 0. The molecular formula is C10H8N8O. The molecule has 9 nitrogen and oxygen atoms in total. The highest BCUT2D eigenvalue weighted by Crippen LogP contribution is 2.16. The molecule has 94 valence electrons. The second-order valence-electron chi connectivity index (χ2n) is 3.50. The van der Waals surface area contributed by atoms with Crippen LogP contribution in [0.5, 0.6) is 0 Å². The van der Waals surface area contributed by atoms with Crippen LogP contribution in [0.1, 0.15) is 10.6 Å². The van der Waals surface area contributed by atoms with Gasteiger partial charge >= 0.3 is 0 Å². The number of carbonyl (C=O) groups excluding carboxylic acids is 1. The van der Waals surface area contributed by atoms with E-state index < -0.39 is 5.91 Å². The third-order valence-electron chi connectivity index (χ3n) is 2.30. The summed E-state index contributed by atoms with van der Waals surface area (Å²) in [5.41, 5.74) is 0.495. The molecule has 19 heavy (non-hydrogen) atoms. The zero-order chi connectivity index (χ0) is 13.1. The minimum Gasteiger partial charge on any atom is -0.316 e. The summed E-state index contributed by atoms with van der Waals surface area (Å²) in [6.07, 6.45) is 5.74. The van der Waals surface area contributed by atoms with Gasteiger partial charge in [0.1, 0.15) is 19.0 Å². The average Bonchev–Trinajstić information content (AvgIpc) is 3.13. The van der Waals surface area contributed by atoms with Crippen LogP contribution in [0.25, 0.3) is 5.82 Å². The van der Waals surface area contributed by atoms with Crippen molar-refractivity contribution >= 4 is 11.6 Å². The van der Waals surface area contributed by atoms with Gasteiger partial charge in [0.25, 0.3) is 5.91 Å². The number of carbonyl (C=O) groups is 1. The lowest BCUT2D eigenvalue weighted by Crippen LogP contribution is -2.16. The van der Waals surface area contributed by atoms with Gasteiger partial charge in [-0.15, -0.1) is 0 Å². The normalized spacial score (nSPS) is 10.3. The van der Waals surface area contributed by atoms with Gasteiger partial charge in [0.15, 0.2) is 5.82 Å². The lowest BCUT2D eigenvalue weighted by molar-refractivity contribution is 0.101. The number of nitrogens with zero attached hydrogens (tertiary/aromatic N) is 6. The Morgan fingerprint density at radius 3 is 3.00 bits per heavy atom. The Morgan fingerprint density at radius 1 is 1.32 bits per heavy atom. The van der Waals surface area contributed by atoms with Gasteiger partial charge in [-0.05, 0) is 12.1 Å². The minimum absolute atomic E-state index is 0.119. The molecule has 0 aromatic carbocycles. The minimum atomic E-state index is -0.410. The molecule has 0 aliphatic heterocycles. The van der Waals surface area contributed by atoms with Crippen molar-refractivity contribution in [1.82, 2.24) is 34.9 Å². The van der Waals surface area contributed by atoms with Crippen LogP contribution in [0.4, 0.5) is 5.69 Å². The van der Waals surface area contributed by atoms with Crippen LogP contribution < -0.4 is 5.32 Å². The van der Waals surface area contributed by atoms with Gasteiger partial charge in [0.05, 0.1) is 5.69 Å². The van der Waals surface area contributed by atoms with Crippen LogP contribution in [-0.4, -0.2) is 40.8 Å². The van der Waals surface area contributed by atoms with Crippen molar-refractivity contribution in [2.45, 2.75) is 0 Å². The number of hydrogen-bond donors (Lipinski definition) is 2. The van der Waals surface area contributed by atoms with E-state index in [9.17, 15) is 4.79 Å². The van der Waals surface area contributed by atoms with Crippen LogP contribution in [0.15, 0.2) is 37.3 Å². The maximum absolute atomic E-state index is 11.9. The summed E-state index contributed by atoms with van der Waals surface area (Å²) in [7, 11) is 0. The van der Waals surface area contributed by atoms with Crippen molar-refractivity contribution in [3.8, 4) is 5.82 Å². The monoisotopic (exact) mass is 256 g/mol. The molecule has 3 rings (SSSR count). The molecule has 0 saturated carbocycles. The number of nitrogens with one attached hydrogen (secondary N) is 2. The Balaban J connectivity index is 1.92. The SMILES string of the molecule is O=C(Nc1cccnc1-n1cncn1)c1ncn[nH]1. The molecule has 1 amide bonds. The quantitative estimate of drug-likeness (QED) is 0.683. The maximum atomic E-state index is 11.9. The molecule has 0 unspecified atom stereocenters. The Kier molecular flexibility index (Phi) is 2.69. The fourth-order valence-electron chi connectivity index (χ4n) is 1.49. The summed E-state index contributed by atoms with van der Waals surface area (Å²) >= 11 is 0. The first-order valence-electron chi connectivity index (χ1n) is 5.31. The third kappa shape index (κ3) is 2.16. The van der Waals surface area contributed by atoms with Crippen molar-refractivity contribution in [1.29, 1.82) is 0 Å². The topological polar surface area (TPSA) is 114 Å². The summed E-state index contributed by atoms with van der Waals surface area (Å²) in [6.45, 7) is 0. The highest BCUT2D eigenvalue weighted by molar-refractivity contribution is 6.02. The Bertz CT molecular complexity index is 675. The smallest absolute Gasteiger partial charge is 0.293 e. The van der Waals surface area contributed by atoms with E-state index in [1.54, 1.807) is 18.3 Å². The first kappa shape index (κ1) is 11.0. The van der Waals surface area contributed by atoms with E-state index >= 15 is 0 Å². The molecule has 0 aliphatic rings. The largest absolute Gasteiger partial charge is 0.316 e. The Hall–Kier alpha value is -3.10. The van der Waals surface area contributed by atoms with Crippen molar-refractivity contribution in [3.05, 3.63) is 43.1 Å². The van der Waals surface area contributed by atoms with E-state index in [-0.39, 0.29) is 5.82 Å². The molecule has 3 aromatic rings. The number of anilines is 1. The zero-order valence-electron chi connectivity index (χ0n) is 9.56. The van der Waals surface area contributed by atoms with Crippen molar-refractivity contribution < 1.29 is 4.79 Å². The predicted octanol–water partition coefficient (Wildman–Crippen LogP) is 0.0327. The van der Waals surface area contributed by atoms with E-state index in [1.165, 1.54) is 23.7 Å². The molecular weight excluding hydrogens is 248 g/mol. The number of aromatic amines is 1. The van der Waals surface area contributed by atoms with Gasteiger partial charge in [0, 0.05) is 6.20 Å². The molecule has 2 N–H and O–H groups in total. The lowest BCUT2D eigenvalue weighted by atomic mass is 10.3. The summed E-state index contributed by atoms with van der Waals surface area (Å²) in [5, 5.41) is 12.8. The molecule has 0 bridgehead atoms. The number of rotatable bonds is 3. The van der Waals surface area contributed by atoms with E-state index in [1.807, 2.05) is 0 Å². The van der Waals surface area contributed by atoms with Crippen LogP contribution >= 0.6 is 0 Å². The van der Waals surface area contributed by atoms with Gasteiger partial charge in [-0.1, -0.05) is 0 Å².